The molecule has 0 radical (unpaired) electrons. The van der Waals surface area contributed by atoms with Crippen molar-refractivity contribution in [1.82, 2.24) is 9.88 Å². The molecule has 0 unspecified atom stereocenters. The highest BCUT2D eigenvalue weighted by Gasteiger charge is 2.14. The average Bonchev–Trinajstić information content (AvgIpc) is 2.53. The van der Waals surface area contributed by atoms with Gasteiger partial charge in [-0.15, -0.1) is 24.8 Å². The monoisotopic (exact) mass is 369 g/mol. The first-order valence-corrected chi connectivity index (χ1v) is 7.62. The number of rotatable bonds is 7. The van der Waals surface area contributed by atoms with Crippen LogP contribution in [0.15, 0.2) is 48.7 Å². The summed E-state index contributed by atoms with van der Waals surface area (Å²) in [5, 5.41) is 0. The maximum absolute atomic E-state index is 12.4. The van der Waals surface area contributed by atoms with Gasteiger partial charge in [-0.2, -0.15) is 0 Å². The second kappa shape index (κ2) is 11.8. The zero-order chi connectivity index (χ0) is 15.8. The van der Waals surface area contributed by atoms with Crippen LogP contribution in [0.25, 0.3) is 0 Å². The van der Waals surface area contributed by atoms with Crippen LogP contribution in [-0.2, 0) is 17.9 Å². The minimum absolute atomic E-state index is 0. The summed E-state index contributed by atoms with van der Waals surface area (Å²) >= 11 is 0. The van der Waals surface area contributed by atoms with Crippen LogP contribution in [0.1, 0.15) is 29.7 Å². The van der Waals surface area contributed by atoms with Gasteiger partial charge < -0.3 is 10.6 Å². The largest absolute Gasteiger partial charge is 0.332 e. The molecule has 0 aliphatic heterocycles. The SMILES string of the molecule is Cc1cccc(CN(Cc2ccccn2)C(=O)CCCN)c1.Cl.Cl. The minimum atomic E-state index is 0. The first kappa shape index (κ1) is 22.4. The zero-order valence-corrected chi connectivity index (χ0v) is 15.5. The van der Waals surface area contributed by atoms with E-state index < -0.39 is 0 Å². The lowest BCUT2D eigenvalue weighted by molar-refractivity contribution is -0.132. The number of aromatic nitrogens is 1. The van der Waals surface area contributed by atoms with Crippen molar-refractivity contribution in [1.29, 1.82) is 0 Å². The van der Waals surface area contributed by atoms with Crippen LogP contribution < -0.4 is 5.73 Å². The summed E-state index contributed by atoms with van der Waals surface area (Å²) in [4.78, 5) is 18.6. The number of hydrogen-bond donors (Lipinski definition) is 1. The van der Waals surface area contributed by atoms with Gasteiger partial charge in [0.15, 0.2) is 0 Å². The Hall–Kier alpha value is -1.62. The number of amides is 1. The lowest BCUT2D eigenvalue weighted by Crippen LogP contribution is -2.30. The number of pyridine rings is 1. The van der Waals surface area contributed by atoms with Crippen molar-refractivity contribution < 1.29 is 4.79 Å². The van der Waals surface area contributed by atoms with Gasteiger partial charge in [0.1, 0.15) is 0 Å². The Morgan fingerprint density at radius 3 is 2.54 bits per heavy atom. The quantitative estimate of drug-likeness (QED) is 0.812. The van der Waals surface area contributed by atoms with Crippen molar-refractivity contribution in [2.45, 2.75) is 32.9 Å². The summed E-state index contributed by atoms with van der Waals surface area (Å²) in [6.45, 7) is 3.72. The van der Waals surface area contributed by atoms with Crippen molar-refractivity contribution in [2.75, 3.05) is 6.54 Å². The molecule has 0 atom stereocenters. The van der Waals surface area contributed by atoms with E-state index >= 15 is 0 Å². The molecule has 24 heavy (non-hydrogen) atoms. The fourth-order valence-corrected chi connectivity index (χ4v) is 2.36. The molecule has 4 nitrogen and oxygen atoms in total. The molecule has 1 heterocycles. The second-order valence-corrected chi connectivity index (χ2v) is 5.45. The van der Waals surface area contributed by atoms with Crippen LogP contribution in [0, 0.1) is 6.92 Å². The Morgan fingerprint density at radius 1 is 1.12 bits per heavy atom. The normalized spacial score (nSPS) is 9.58. The van der Waals surface area contributed by atoms with E-state index in [4.69, 9.17) is 5.73 Å². The summed E-state index contributed by atoms with van der Waals surface area (Å²) in [6.07, 6.45) is 2.95. The molecule has 2 N–H and O–H groups in total. The van der Waals surface area contributed by atoms with Gasteiger partial charge in [0.05, 0.1) is 12.2 Å². The average molecular weight is 370 g/mol. The molecule has 1 aromatic carbocycles. The van der Waals surface area contributed by atoms with E-state index in [0.717, 1.165) is 11.3 Å². The van der Waals surface area contributed by atoms with E-state index in [1.165, 1.54) is 5.56 Å². The second-order valence-electron chi connectivity index (χ2n) is 5.45. The van der Waals surface area contributed by atoms with E-state index in [9.17, 15) is 4.79 Å². The third-order valence-electron chi connectivity index (χ3n) is 3.48. The molecule has 1 aromatic heterocycles. The molecule has 0 aliphatic rings. The van der Waals surface area contributed by atoms with Crippen molar-refractivity contribution in [3.05, 3.63) is 65.5 Å². The zero-order valence-electron chi connectivity index (χ0n) is 13.9. The number of aryl methyl sites for hydroxylation is 1. The maximum Gasteiger partial charge on any atom is 0.223 e. The van der Waals surface area contributed by atoms with Gasteiger partial charge in [-0.3, -0.25) is 9.78 Å². The number of nitrogens with two attached hydrogens (primary N) is 1. The van der Waals surface area contributed by atoms with Crippen molar-refractivity contribution >= 4 is 30.7 Å². The van der Waals surface area contributed by atoms with Crippen LogP contribution >= 0.6 is 24.8 Å². The minimum Gasteiger partial charge on any atom is -0.332 e. The topological polar surface area (TPSA) is 59.2 Å². The molecule has 0 fully saturated rings. The van der Waals surface area contributed by atoms with Crippen LogP contribution in [0.5, 0.6) is 0 Å². The van der Waals surface area contributed by atoms with Gasteiger partial charge in [0, 0.05) is 19.2 Å². The number of carbonyl (C=O) groups is 1. The Morgan fingerprint density at radius 2 is 1.92 bits per heavy atom. The number of nitrogens with zero attached hydrogens (tertiary/aromatic N) is 2. The van der Waals surface area contributed by atoms with Crippen LogP contribution in [0.3, 0.4) is 0 Å². The lowest BCUT2D eigenvalue weighted by atomic mass is 10.1. The lowest BCUT2D eigenvalue weighted by Gasteiger charge is -2.23. The molecule has 2 aromatic rings. The molecule has 6 heteroatoms. The van der Waals surface area contributed by atoms with Gasteiger partial charge in [-0.25, -0.2) is 0 Å². The molecule has 0 spiro atoms. The van der Waals surface area contributed by atoms with Gasteiger partial charge in [0.25, 0.3) is 0 Å². The third kappa shape index (κ3) is 7.30. The first-order chi connectivity index (χ1) is 10.7. The van der Waals surface area contributed by atoms with Gasteiger partial charge >= 0.3 is 0 Å². The van der Waals surface area contributed by atoms with Crippen molar-refractivity contribution in [3.8, 4) is 0 Å². The van der Waals surface area contributed by atoms with Crippen LogP contribution in [0.2, 0.25) is 0 Å². The van der Waals surface area contributed by atoms with Gasteiger partial charge in [-0.1, -0.05) is 35.9 Å². The molecule has 0 saturated heterocycles. The van der Waals surface area contributed by atoms with E-state index in [1.807, 2.05) is 29.2 Å². The summed E-state index contributed by atoms with van der Waals surface area (Å²) in [7, 11) is 0. The van der Waals surface area contributed by atoms with Crippen LogP contribution in [0.4, 0.5) is 0 Å². The third-order valence-corrected chi connectivity index (χ3v) is 3.48. The predicted octanol–water partition coefficient (Wildman–Crippen LogP) is 3.50. The summed E-state index contributed by atoms with van der Waals surface area (Å²) in [5.41, 5.74) is 8.75. The highest BCUT2D eigenvalue weighted by atomic mass is 35.5. The van der Waals surface area contributed by atoms with Gasteiger partial charge in [0.2, 0.25) is 5.91 Å². The maximum atomic E-state index is 12.4. The Labute approximate surface area is 156 Å². The highest BCUT2D eigenvalue weighted by Crippen LogP contribution is 2.12. The molecular weight excluding hydrogens is 345 g/mol. The number of halogens is 2. The fourth-order valence-electron chi connectivity index (χ4n) is 2.36. The number of benzene rings is 1. The Kier molecular flexibility index (Phi) is 11.0. The molecule has 132 valence electrons. The van der Waals surface area contributed by atoms with Crippen molar-refractivity contribution in [2.24, 2.45) is 5.73 Å². The molecule has 0 saturated carbocycles. The molecule has 1 amide bonds. The molecule has 0 bridgehead atoms. The molecular formula is C18H25Cl2N3O. The first-order valence-electron chi connectivity index (χ1n) is 7.62. The fraction of sp³-hybridized carbons (Fsp3) is 0.333. The smallest absolute Gasteiger partial charge is 0.223 e. The van der Waals surface area contributed by atoms with E-state index in [2.05, 4.69) is 30.1 Å². The van der Waals surface area contributed by atoms with E-state index in [0.29, 0.717) is 32.5 Å². The summed E-state index contributed by atoms with van der Waals surface area (Å²) in [5.74, 6) is 0.123. The number of hydrogen-bond acceptors (Lipinski definition) is 3. The predicted molar refractivity (Wildman–Crippen MR) is 102 cm³/mol. The van der Waals surface area contributed by atoms with Crippen molar-refractivity contribution in [3.63, 3.8) is 0 Å². The summed E-state index contributed by atoms with van der Waals surface area (Å²) < 4.78 is 0. The number of carbonyl (C=O) groups excluding carboxylic acids is 1. The Bertz CT molecular complexity index is 608. The van der Waals surface area contributed by atoms with Gasteiger partial charge in [-0.05, 0) is 37.6 Å². The van der Waals surface area contributed by atoms with E-state index in [-0.39, 0.29) is 30.7 Å². The summed E-state index contributed by atoms with van der Waals surface area (Å²) in [6, 6.07) is 14.0. The molecule has 2 rings (SSSR count). The Balaban J connectivity index is 0.00000264. The molecule has 0 aliphatic carbocycles. The highest BCUT2D eigenvalue weighted by molar-refractivity contribution is 5.85. The van der Waals surface area contributed by atoms with Crippen LogP contribution in [-0.4, -0.2) is 22.3 Å². The standard InChI is InChI=1S/C18H23N3O.2ClH/c1-15-6-4-7-16(12-15)13-21(18(22)9-5-10-19)14-17-8-2-3-11-20-17;;/h2-4,6-8,11-12H,5,9-10,13-14,19H2,1H3;2*1H. The van der Waals surface area contributed by atoms with E-state index in [1.54, 1.807) is 6.20 Å².